The topological polar surface area (TPSA) is 84.4 Å². The number of aromatic amines is 1. The predicted molar refractivity (Wildman–Crippen MR) is 106 cm³/mol. The van der Waals surface area contributed by atoms with Crippen LogP contribution in [0.1, 0.15) is 37.9 Å². The number of aliphatic hydroxyl groups excluding tert-OH is 1. The van der Waals surface area contributed by atoms with Gasteiger partial charge in [-0.25, -0.2) is 9.37 Å². The molecule has 1 aliphatic heterocycles. The van der Waals surface area contributed by atoms with Crippen molar-refractivity contribution >= 4 is 22.7 Å². The van der Waals surface area contributed by atoms with Crippen molar-refractivity contribution in [1.29, 1.82) is 0 Å². The molecule has 8 heteroatoms. The Labute approximate surface area is 166 Å². The summed E-state index contributed by atoms with van der Waals surface area (Å²) in [5.41, 5.74) is -0.149. The fourth-order valence-corrected chi connectivity index (χ4v) is 4.87. The van der Waals surface area contributed by atoms with Crippen molar-refractivity contribution < 1.29 is 19.0 Å². The summed E-state index contributed by atoms with van der Waals surface area (Å²) in [4.78, 5) is 19.5. The average Bonchev–Trinajstić information content (AvgIpc) is 3.19. The number of H-pyrrole nitrogens is 1. The van der Waals surface area contributed by atoms with E-state index >= 15 is 0 Å². The van der Waals surface area contributed by atoms with E-state index in [1.165, 1.54) is 6.07 Å². The molecule has 1 aromatic carbocycles. The number of benzene rings is 1. The van der Waals surface area contributed by atoms with Crippen LogP contribution in [0.25, 0.3) is 10.9 Å². The minimum atomic E-state index is -0.621. The highest BCUT2D eigenvalue weighted by molar-refractivity contribution is 7.99. The normalized spacial score (nSPS) is 25.3. The number of halogens is 1. The molecule has 1 saturated heterocycles. The fraction of sp³-hybridized carbons (Fsp3) is 0.600. The molecule has 2 fully saturated rings. The molecule has 28 heavy (non-hydrogen) atoms. The largest absolute Gasteiger partial charge is 0.493 e. The quantitative estimate of drug-likeness (QED) is 0.764. The first-order valence-corrected chi connectivity index (χ1v) is 10.9. The Morgan fingerprint density at radius 1 is 1.29 bits per heavy atom. The summed E-state index contributed by atoms with van der Waals surface area (Å²) in [5.74, 6) is 1.17. The van der Waals surface area contributed by atoms with Crippen LogP contribution in [0.3, 0.4) is 0 Å². The lowest BCUT2D eigenvalue weighted by Gasteiger charge is -2.24. The van der Waals surface area contributed by atoms with Crippen LogP contribution in [-0.4, -0.2) is 46.2 Å². The van der Waals surface area contributed by atoms with Gasteiger partial charge >= 0.3 is 0 Å². The van der Waals surface area contributed by atoms with Crippen LogP contribution < -0.4 is 10.3 Å². The van der Waals surface area contributed by atoms with Crippen LogP contribution in [0.15, 0.2) is 16.9 Å². The number of ether oxygens (including phenoxy) is 2. The number of nitrogens with zero attached hydrogens (tertiary/aromatic N) is 1. The van der Waals surface area contributed by atoms with E-state index in [0.29, 0.717) is 47.2 Å². The Morgan fingerprint density at radius 2 is 2.11 bits per heavy atom. The molecule has 1 aliphatic carbocycles. The van der Waals surface area contributed by atoms with E-state index in [1.807, 2.05) is 0 Å². The number of hydrogen-bond donors (Lipinski definition) is 2. The third kappa shape index (κ3) is 4.67. The van der Waals surface area contributed by atoms with Crippen LogP contribution in [0.4, 0.5) is 4.39 Å². The van der Waals surface area contributed by atoms with Crippen LogP contribution in [0.5, 0.6) is 5.75 Å². The Balaban J connectivity index is 1.48. The van der Waals surface area contributed by atoms with Gasteiger partial charge in [0.2, 0.25) is 0 Å². The van der Waals surface area contributed by atoms with Gasteiger partial charge in [-0.15, -0.1) is 0 Å². The van der Waals surface area contributed by atoms with Crippen molar-refractivity contribution in [2.75, 3.05) is 19.8 Å². The highest BCUT2D eigenvalue weighted by Gasteiger charge is 2.21. The van der Waals surface area contributed by atoms with Crippen LogP contribution >= 0.6 is 11.8 Å². The molecule has 2 N–H and O–H groups in total. The molecule has 0 bridgehead atoms. The van der Waals surface area contributed by atoms with E-state index < -0.39 is 11.4 Å². The first-order valence-electron chi connectivity index (χ1n) is 9.81. The third-order valence-corrected chi connectivity index (χ3v) is 6.78. The number of thioether (sulfide) groups is 1. The van der Waals surface area contributed by atoms with E-state index in [9.17, 15) is 14.3 Å². The lowest BCUT2D eigenvalue weighted by atomic mass is 9.97. The van der Waals surface area contributed by atoms with Crippen LogP contribution in [-0.2, 0) is 10.5 Å². The molecule has 1 aromatic heterocycles. The van der Waals surface area contributed by atoms with Gasteiger partial charge in [0.25, 0.3) is 5.56 Å². The molecule has 2 heterocycles. The minimum Gasteiger partial charge on any atom is -0.493 e. The van der Waals surface area contributed by atoms with Gasteiger partial charge in [0, 0.05) is 29.9 Å². The summed E-state index contributed by atoms with van der Waals surface area (Å²) in [6, 6.07) is 2.88. The summed E-state index contributed by atoms with van der Waals surface area (Å²) in [7, 11) is 0. The average molecular weight is 408 g/mol. The maximum atomic E-state index is 14.5. The SMILES string of the molecule is O=c1[nH]c(CS[C@H]2CC[C@H](O)CC2)nc2cc(OCC3CCOC3)cc(F)c12. The summed E-state index contributed by atoms with van der Waals surface area (Å²) < 4.78 is 25.5. The molecular formula is C20H25FN2O4S. The van der Waals surface area contributed by atoms with Gasteiger partial charge in [-0.2, -0.15) is 11.8 Å². The maximum Gasteiger partial charge on any atom is 0.261 e. The van der Waals surface area contributed by atoms with Gasteiger partial charge in [-0.05, 0) is 32.1 Å². The molecule has 2 aliphatic rings. The second-order valence-corrected chi connectivity index (χ2v) is 8.88. The number of aromatic nitrogens is 2. The minimum absolute atomic E-state index is 0.0360. The Morgan fingerprint density at radius 3 is 2.86 bits per heavy atom. The van der Waals surface area contributed by atoms with Crippen molar-refractivity contribution in [2.24, 2.45) is 5.92 Å². The molecule has 1 saturated carbocycles. The first kappa shape index (κ1) is 19.7. The molecular weight excluding hydrogens is 383 g/mol. The summed E-state index contributed by atoms with van der Waals surface area (Å²) in [6.07, 6.45) is 4.30. The van der Waals surface area contributed by atoms with Crippen molar-refractivity contribution in [3.8, 4) is 5.75 Å². The predicted octanol–water partition coefficient (Wildman–Crippen LogP) is 3.01. The number of hydrogen-bond acceptors (Lipinski definition) is 6. The van der Waals surface area contributed by atoms with Gasteiger partial charge in [0.05, 0.1) is 30.6 Å². The van der Waals surface area contributed by atoms with Gasteiger partial charge in [0.15, 0.2) is 0 Å². The number of nitrogens with one attached hydrogen (secondary N) is 1. The summed E-state index contributed by atoms with van der Waals surface area (Å²) in [6.45, 7) is 1.86. The van der Waals surface area contributed by atoms with Crippen LogP contribution in [0.2, 0.25) is 0 Å². The first-order chi connectivity index (χ1) is 13.6. The lowest BCUT2D eigenvalue weighted by Crippen LogP contribution is -2.20. The Hall–Kier alpha value is -1.64. The molecule has 0 amide bonds. The third-order valence-electron chi connectivity index (χ3n) is 5.39. The van der Waals surface area contributed by atoms with Gasteiger partial charge in [0.1, 0.15) is 22.8 Å². The molecule has 1 unspecified atom stereocenters. The zero-order valence-electron chi connectivity index (χ0n) is 15.7. The number of aliphatic hydroxyl groups is 1. The van der Waals surface area contributed by atoms with Crippen molar-refractivity contribution in [1.82, 2.24) is 9.97 Å². The molecule has 2 aromatic rings. The maximum absolute atomic E-state index is 14.5. The Kier molecular flexibility index (Phi) is 6.18. The van der Waals surface area contributed by atoms with Crippen molar-refractivity contribution in [3.63, 3.8) is 0 Å². The second kappa shape index (κ2) is 8.80. The summed E-state index contributed by atoms with van der Waals surface area (Å²) >= 11 is 1.72. The Bertz CT molecular complexity index is 876. The zero-order chi connectivity index (χ0) is 19.5. The van der Waals surface area contributed by atoms with Gasteiger partial charge in [-0.3, -0.25) is 4.79 Å². The van der Waals surface area contributed by atoms with Crippen molar-refractivity contribution in [3.05, 3.63) is 34.1 Å². The van der Waals surface area contributed by atoms with Crippen molar-refractivity contribution in [2.45, 2.75) is 49.2 Å². The smallest absolute Gasteiger partial charge is 0.261 e. The van der Waals surface area contributed by atoms with E-state index in [4.69, 9.17) is 9.47 Å². The van der Waals surface area contributed by atoms with E-state index in [1.54, 1.807) is 17.8 Å². The molecule has 0 spiro atoms. The highest BCUT2D eigenvalue weighted by Crippen LogP contribution is 2.30. The van der Waals surface area contributed by atoms with E-state index in [0.717, 1.165) is 38.7 Å². The lowest BCUT2D eigenvalue weighted by molar-refractivity contribution is 0.132. The standard InChI is InChI=1S/C20H25FN2O4S/c21-16-7-14(27-10-12-5-6-26-9-12)8-17-19(16)20(25)23-18(22-17)11-28-15-3-1-13(24)2-4-15/h7-8,12-13,15,24H,1-6,9-11H2,(H,22,23,25)/t12?,13-,15-. The zero-order valence-corrected chi connectivity index (χ0v) is 16.5. The molecule has 6 nitrogen and oxygen atoms in total. The molecule has 0 radical (unpaired) electrons. The number of fused-ring (bicyclic) bond motifs is 1. The highest BCUT2D eigenvalue weighted by atomic mass is 32.2. The van der Waals surface area contributed by atoms with Crippen LogP contribution in [0, 0.1) is 11.7 Å². The molecule has 152 valence electrons. The fourth-order valence-electron chi connectivity index (χ4n) is 3.74. The summed E-state index contributed by atoms with van der Waals surface area (Å²) in [5, 5.41) is 10.0. The van der Waals surface area contributed by atoms with E-state index in [-0.39, 0.29) is 11.5 Å². The van der Waals surface area contributed by atoms with E-state index in [2.05, 4.69) is 9.97 Å². The van der Waals surface area contributed by atoms with Gasteiger partial charge in [-0.1, -0.05) is 0 Å². The number of rotatable bonds is 6. The second-order valence-electron chi connectivity index (χ2n) is 7.59. The molecule has 4 rings (SSSR count). The monoisotopic (exact) mass is 408 g/mol. The molecule has 1 atom stereocenters. The van der Waals surface area contributed by atoms with Gasteiger partial charge < -0.3 is 19.6 Å².